The number of benzene rings is 1. The molecular formula is C22H25FN4O3. The summed E-state index contributed by atoms with van der Waals surface area (Å²) in [5, 5.41) is 0.753. The number of likely N-dealkylation sites (N-methyl/N-ethyl adjacent to an activating group) is 1. The van der Waals surface area contributed by atoms with Crippen LogP contribution in [0.3, 0.4) is 0 Å². The number of aromatic nitrogens is 3. The molecular weight excluding hydrogens is 387 g/mol. The fraction of sp³-hybridized carbons (Fsp3) is 0.409. The van der Waals surface area contributed by atoms with E-state index < -0.39 is 5.95 Å². The number of methoxy groups -OCH3 is 1. The van der Waals surface area contributed by atoms with Crippen LogP contribution in [-0.2, 0) is 9.47 Å². The molecule has 3 heterocycles. The molecule has 3 unspecified atom stereocenters. The summed E-state index contributed by atoms with van der Waals surface area (Å²) in [5.41, 5.74) is 1.23. The lowest BCUT2D eigenvalue weighted by molar-refractivity contribution is -0.0287. The van der Waals surface area contributed by atoms with Crippen LogP contribution in [0.25, 0.3) is 16.7 Å². The van der Waals surface area contributed by atoms with Crippen molar-refractivity contribution in [3.8, 4) is 5.82 Å². The van der Waals surface area contributed by atoms with Gasteiger partial charge in [-0.2, -0.15) is 4.39 Å². The van der Waals surface area contributed by atoms with E-state index in [2.05, 4.69) is 28.8 Å². The van der Waals surface area contributed by atoms with Gasteiger partial charge in [0, 0.05) is 37.2 Å². The van der Waals surface area contributed by atoms with E-state index in [0.29, 0.717) is 18.0 Å². The van der Waals surface area contributed by atoms with Gasteiger partial charge < -0.3 is 9.47 Å². The summed E-state index contributed by atoms with van der Waals surface area (Å²) >= 11 is 0. The monoisotopic (exact) mass is 412 g/mol. The summed E-state index contributed by atoms with van der Waals surface area (Å²) in [6, 6.07) is 7.97. The van der Waals surface area contributed by atoms with Crippen LogP contribution in [0.2, 0.25) is 0 Å². The van der Waals surface area contributed by atoms with E-state index in [-0.39, 0.29) is 24.2 Å². The molecule has 2 aromatic heterocycles. The largest absolute Gasteiger partial charge is 0.459 e. The molecule has 0 spiro atoms. The standard InChI is InChI=1S/C22H25FN4O3/c1-14-8-16(9-15(13-29-3)26(14)2)30-22(28)18-12-27(19-7-5-4-6-17(18)19)21-11-24-20(23)10-25-21/h4-7,10-12,14-16H,8-9,13H2,1-3H3. The van der Waals surface area contributed by atoms with Gasteiger partial charge in [0.1, 0.15) is 6.10 Å². The average molecular weight is 412 g/mol. The summed E-state index contributed by atoms with van der Waals surface area (Å²) in [6.07, 6.45) is 5.38. The van der Waals surface area contributed by atoms with E-state index in [1.165, 1.54) is 6.20 Å². The number of ether oxygens (including phenoxy) is 2. The highest BCUT2D eigenvalue weighted by molar-refractivity contribution is 6.04. The predicted octanol–water partition coefficient (Wildman–Crippen LogP) is 3.21. The molecule has 0 aliphatic carbocycles. The van der Waals surface area contributed by atoms with Crippen LogP contribution >= 0.6 is 0 Å². The molecule has 3 atom stereocenters. The first-order valence-electron chi connectivity index (χ1n) is 9.97. The minimum Gasteiger partial charge on any atom is -0.459 e. The zero-order valence-corrected chi connectivity index (χ0v) is 17.3. The predicted molar refractivity (Wildman–Crippen MR) is 110 cm³/mol. The summed E-state index contributed by atoms with van der Waals surface area (Å²) in [6.45, 7) is 2.72. The lowest BCUT2D eigenvalue weighted by atomic mass is 9.95. The summed E-state index contributed by atoms with van der Waals surface area (Å²) < 4.78 is 26.2. The van der Waals surface area contributed by atoms with E-state index in [4.69, 9.17) is 9.47 Å². The number of rotatable bonds is 5. The van der Waals surface area contributed by atoms with Gasteiger partial charge in [0.15, 0.2) is 5.82 Å². The van der Waals surface area contributed by atoms with Crippen molar-refractivity contribution in [2.24, 2.45) is 0 Å². The van der Waals surface area contributed by atoms with Crippen molar-refractivity contribution in [1.82, 2.24) is 19.4 Å². The third-order valence-electron chi connectivity index (χ3n) is 5.83. The lowest BCUT2D eigenvalue weighted by Crippen LogP contribution is -2.50. The molecule has 30 heavy (non-hydrogen) atoms. The average Bonchev–Trinajstić information content (AvgIpc) is 3.12. The van der Waals surface area contributed by atoms with Gasteiger partial charge in [-0.05, 0) is 26.5 Å². The van der Waals surface area contributed by atoms with Gasteiger partial charge in [0.25, 0.3) is 0 Å². The number of hydrogen-bond donors (Lipinski definition) is 0. The second-order valence-electron chi connectivity index (χ2n) is 7.75. The number of fused-ring (bicyclic) bond motifs is 1. The smallest absolute Gasteiger partial charge is 0.340 e. The molecule has 0 N–H and O–H groups in total. The molecule has 0 radical (unpaired) electrons. The normalized spacial score (nSPS) is 22.3. The molecule has 0 saturated carbocycles. The molecule has 158 valence electrons. The Kier molecular flexibility index (Phi) is 5.78. The van der Waals surface area contributed by atoms with E-state index in [1.807, 2.05) is 24.3 Å². The third-order valence-corrected chi connectivity index (χ3v) is 5.83. The Bertz CT molecular complexity index is 1040. The van der Waals surface area contributed by atoms with Gasteiger partial charge in [-0.1, -0.05) is 18.2 Å². The van der Waals surface area contributed by atoms with Crippen molar-refractivity contribution in [1.29, 1.82) is 0 Å². The lowest BCUT2D eigenvalue weighted by Gasteiger charge is -2.41. The van der Waals surface area contributed by atoms with E-state index in [1.54, 1.807) is 17.9 Å². The molecule has 0 amide bonds. The van der Waals surface area contributed by atoms with Crippen LogP contribution in [-0.4, -0.2) is 64.4 Å². The van der Waals surface area contributed by atoms with Crippen LogP contribution in [0.15, 0.2) is 42.9 Å². The maximum absolute atomic E-state index is 13.2. The first-order valence-corrected chi connectivity index (χ1v) is 9.97. The van der Waals surface area contributed by atoms with Crippen molar-refractivity contribution in [2.75, 3.05) is 20.8 Å². The van der Waals surface area contributed by atoms with Gasteiger partial charge in [0.2, 0.25) is 5.95 Å². The molecule has 1 fully saturated rings. The third kappa shape index (κ3) is 3.93. The molecule has 3 aromatic rings. The Morgan fingerprint density at radius 2 is 2.03 bits per heavy atom. The quantitative estimate of drug-likeness (QED) is 0.600. The number of halogens is 1. The number of para-hydroxylation sites is 1. The highest BCUT2D eigenvalue weighted by Gasteiger charge is 2.33. The Labute approximate surface area is 174 Å². The molecule has 0 bridgehead atoms. The molecule has 1 aromatic carbocycles. The maximum atomic E-state index is 13.2. The Hall–Kier alpha value is -2.84. The first-order chi connectivity index (χ1) is 14.5. The van der Waals surface area contributed by atoms with E-state index in [0.717, 1.165) is 29.9 Å². The van der Waals surface area contributed by atoms with E-state index >= 15 is 0 Å². The van der Waals surface area contributed by atoms with Crippen molar-refractivity contribution in [2.45, 2.75) is 38.0 Å². The number of likely N-dealkylation sites (tertiary alicyclic amines) is 1. The van der Waals surface area contributed by atoms with Crippen LogP contribution < -0.4 is 0 Å². The zero-order valence-electron chi connectivity index (χ0n) is 17.3. The highest BCUT2D eigenvalue weighted by atomic mass is 19.1. The van der Waals surface area contributed by atoms with Gasteiger partial charge >= 0.3 is 5.97 Å². The summed E-state index contributed by atoms with van der Waals surface area (Å²) in [5.74, 6) is -0.602. The van der Waals surface area contributed by atoms with Crippen LogP contribution in [0.5, 0.6) is 0 Å². The maximum Gasteiger partial charge on any atom is 0.340 e. The SMILES string of the molecule is COCC1CC(OC(=O)c2cn(-c3cnc(F)cn3)c3ccccc23)CC(C)N1C. The van der Waals surface area contributed by atoms with Crippen molar-refractivity contribution < 1.29 is 18.7 Å². The number of carbonyl (C=O) groups excluding carboxylic acids is 1. The number of hydrogen-bond acceptors (Lipinski definition) is 6. The fourth-order valence-corrected chi connectivity index (χ4v) is 4.12. The zero-order chi connectivity index (χ0) is 21.3. The van der Waals surface area contributed by atoms with Crippen molar-refractivity contribution >= 4 is 16.9 Å². The van der Waals surface area contributed by atoms with Gasteiger partial charge in [-0.25, -0.2) is 14.8 Å². The van der Waals surface area contributed by atoms with Gasteiger partial charge in [-0.3, -0.25) is 9.47 Å². The number of esters is 1. The Morgan fingerprint density at radius 3 is 2.77 bits per heavy atom. The Morgan fingerprint density at radius 1 is 1.23 bits per heavy atom. The minimum absolute atomic E-state index is 0.184. The molecule has 8 heteroatoms. The molecule has 1 aliphatic heterocycles. The van der Waals surface area contributed by atoms with E-state index in [9.17, 15) is 9.18 Å². The molecule has 1 aliphatic rings. The fourth-order valence-electron chi connectivity index (χ4n) is 4.12. The van der Waals surface area contributed by atoms with Gasteiger partial charge in [0.05, 0.1) is 30.1 Å². The number of piperidine rings is 1. The van der Waals surface area contributed by atoms with Crippen molar-refractivity contribution in [3.63, 3.8) is 0 Å². The summed E-state index contributed by atoms with van der Waals surface area (Å²) in [7, 11) is 3.76. The highest BCUT2D eigenvalue weighted by Crippen LogP contribution is 2.28. The topological polar surface area (TPSA) is 69.5 Å². The molecule has 7 nitrogen and oxygen atoms in total. The Balaban J connectivity index is 1.62. The molecule has 4 rings (SSSR count). The van der Waals surface area contributed by atoms with Crippen LogP contribution in [0, 0.1) is 5.95 Å². The summed E-state index contributed by atoms with van der Waals surface area (Å²) in [4.78, 5) is 23.1. The number of carbonyl (C=O) groups is 1. The van der Waals surface area contributed by atoms with Gasteiger partial charge in [-0.15, -0.1) is 0 Å². The van der Waals surface area contributed by atoms with Crippen LogP contribution in [0.4, 0.5) is 4.39 Å². The van der Waals surface area contributed by atoms with Crippen molar-refractivity contribution in [3.05, 3.63) is 54.4 Å². The minimum atomic E-state index is -0.656. The molecule has 1 saturated heterocycles. The first kappa shape index (κ1) is 20.4. The second-order valence-corrected chi connectivity index (χ2v) is 7.75. The second kappa shape index (κ2) is 8.49. The van der Waals surface area contributed by atoms with Crippen LogP contribution in [0.1, 0.15) is 30.1 Å². The number of nitrogens with zero attached hydrogens (tertiary/aromatic N) is 4.